The molecular formula is C14H16O6. The van der Waals surface area contributed by atoms with Gasteiger partial charge in [0, 0.05) is 5.57 Å². The molecule has 1 unspecified atom stereocenters. The maximum atomic E-state index is 11.6. The summed E-state index contributed by atoms with van der Waals surface area (Å²) >= 11 is 0. The Morgan fingerprint density at radius 3 is 2.60 bits per heavy atom. The molecule has 20 heavy (non-hydrogen) atoms. The molecule has 1 aromatic rings. The van der Waals surface area contributed by atoms with E-state index in [1.165, 1.54) is 25.1 Å². The van der Waals surface area contributed by atoms with Gasteiger partial charge >= 0.3 is 11.9 Å². The smallest absolute Gasteiger partial charge is 0.342 e. The molecule has 0 bridgehead atoms. The Kier molecular flexibility index (Phi) is 5.74. The SMILES string of the molecule is C/C(=C\CC(O)COC(=O)c1ccccc1O)C(=O)O. The number of aromatic hydroxyl groups is 1. The van der Waals surface area contributed by atoms with Gasteiger partial charge in [0.1, 0.15) is 17.9 Å². The molecule has 3 N–H and O–H groups in total. The molecule has 0 spiro atoms. The lowest BCUT2D eigenvalue weighted by atomic mass is 10.2. The van der Waals surface area contributed by atoms with E-state index in [4.69, 9.17) is 9.84 Å². The van der Waals surface area contributed by atoms with Crippen LogP contribution in [0.1, 0.15) is 23.7 Å². The molecule has 0 aromatic heterocycles. The third-order valence-electron chi connectivity index (χ3n) is 2.56. The number of hydrogen-bond acceptors (Lipinski definition) is 5. The van der Waals surface area contributed by atoms with Crippen LogP contribution in [0.25, 0.3) is 0 Å². The molecule has 6 nitrogen and oxygen atoms in total. The largest absolute Gasteiger partial charge is 0.507 e. The summed E-state index contributed by atoms with van der Waals surface area (Å²) in [6.45, 7) is 1.12. The van der Waals surface area contributed by atoms with Gasteiger partial charge in [-0.1, -0.05) is 18.2 Å². The second-order valence-electron chi connectivity index (χ2n) is 4.20. The number of carbonyl (C=O) groups is 2. The lowest BCUT2D eigenvalue weighted by Gasteiger charge is -2.10. The first-order valence-electron chi connectivity index (χ1n) is 5.95. The van der Waals surface area contributed by atoms with Crippen molar-refractivity contribution in [3.8, 4) is 5.75 Å². The summed E-state index contributed by atoms with van der Waals surface area (Å²) in [4.78, 5) is 22.2. The number of para-hydroxylation sites is 1. The zero-order valence-corrected chi connectivity index (χ0v) is 10.9. The van der Waals surface area contributed by atoms with Crippen LogP contribution in [-0.2, 0) is 9.53 Å². The normalized spacial score (nSPS) is 12.8. The van der Waals surface area contributed by atoms with Crippen LogP contribution in [-0.4, -0.2) is 40.0 Å². The lowest BCUT2D eigenvalue weighted by Crippen LogP contribution is -2.18. The minimum absolute atomic E-state index is 0.0111. The van der Waals surface area contributed by atoms with Gasteiger partial charge in [-0.05, 0) is 25.5 Å². The summed E-state index contributed by atoms with van der Waals surface area (Å²) in [5.41, 5.74) is 0.119. The van der Waals surface area contributed by atoms with E-state index in [0.717, 1.165) is 0 Å². The van der Waals surface area contributed by atoms with Crippen molar-refractivity contribution in [2.45, 2.75) is 19.4 Å². The fourth-order valence-corrected chi connectivity index (χ4v) is 1.36. The number of ether oxygens (including phenoxy) is 1. The topological polar surface area (TPSA) is 104 Å². The Morgan fingerprint density at radius 2 is 2.00 bits per heavy atom. The van der Waals surface area contributed by atoms with E-state index in [1.807, 2.05) is 0 Å². The first-order valence-corrected chi connectivity index (χ1v) is 5.95. The minimum Gasteiger partial charge on any atom is -0.507 e. The number of phenols is 1. The Morgan fingerprint density at radius 1 is 1.35 bits per heavy atom. The van der Waals surface area contributed by atoms with Crippen LogP contribution < -0.4 is 0 Å². The maximum absolute atomic E-state index is 11.6. The second-order valence-corrected chi connectivity index (χ2v) is 4.20. The van der Waals surface area contributed by atoms with Crippen LogP contribution in [0.2, 0.25) is 0 Å². The Hall–Kier alpha value is -2.34. The highest BCUT2D eigenvalue weighted by Crippen LogP contribution is 2.16. The molecular weight excluding hydrogens is 264 g/mol. The van der Waals surface area contributed by atoms with Crippen LogP contribution >= 0.6 is 0 Å². The van der Waals surface area contributed by atoms with Gasteiger partial charge in [0.05, 0.1) is 6.10 Å². The van der Waals surface area contributed by atoms with E-state index in [-0.39, 0.29) is 29.9 Å². The first kappa shape index (κ1) is 15.7. The third kappa shape index (κ3) is 4.74. The highest BCUT2D eigenvalue weighted by atomic mass is 16.5. The molecule has 6 heteroatoms. The summed E-state index contributed by atoms with van der Waals surface area (Å²) in [7, 11) is 0. The number of aliphatic hydroxyl groups excluding tert-OH is 1. The quantitative estimate of drug-likeness (QED) is 0.536. The molecule has 0 radical (unpaired) electrons. The van der Waals surface area contributed by atoms with Gasteiger partial charge in [0.25, 0.3) is 0 Å². The van der Waals surface area contributed by atoms with Crippen LogP contribution in [0.15, 0.2) is 35.9 Å². The van der Waals surface area contributed by atoms with E-state index < -0.39 is 18.0 Å². The van der Waals surface area contributed by atoms with Crippen LogP contribution in [0.3, 0.4) is 0 Å². The summed E-state index contributed by atoms with van der Waals surface area (Å²) in [5.74, 6) is -2.02. The third-order valence-corrected chi connectivity index (χ3v) is 2.56. The van der Waals surface area contributed by atoms with Gasteiger partial charge in [-0.25, -0.2) is 9.59 Å². The lowest BCUT2D eigenvalue weighted by molar-refractivity contribution is -0.132. The summed E-state index contributed by atoms with van der Waals surface area (Å²) in [6, 6.07) is 5.90. The first-order chi connectivity index (χ1) is 9.41. The molecule has 0 saturated heterocycles. The average Bonchev–Trinajstić information content (AvgIpc) is 2.42. The van der Waals surface area contributed by atoms with Gasteiger partial charge < -0.3 is 20.1 Å². The number of esters is 1. The van der Waals surface area contributed by atoms with Crippen molar-refractivity contribution in [1.82, 2.24) is 0 Å². The standard InChI is InChI=1S/C14H16O6/c1-9(13(17)18)6-7-10(15)8-20-14(19)11-4-2-3-5-12(11)16/h2-6,10,15-16H,7-8H2,1H3,(H,17,18)/b9-6+. The molecule has 108 valence electrons. The van der Waals surface area contributed by atoms with Crippen LogP contribution in [0.5, 0.6) is 5.75 Å². The monoisotopic (exact) mass is 280 g/mol. The van der Waals surface area contributed by atoms with Crippen molar-refractivity contribution < 1.29 is 29.6 Å². The van der Waals surface area contributed by atoms with E-state index in [2.05, 4.69) is 0 Å². The number of hydrogen-bond donors (Lipinski definition) is 3. The molecule has 0 heterocycles. The highest BCUT2D eigenvalue weighted by Gasteiger charge is 2.14. The molecule has 0 aliphatic carbocycles. The average molecular weight is 280 g/mol. The molecule has 0 aliphatic heterocycles. The fraction of sp³-hybridized carbons (Fsp3) is 0.286. The minimum atomic E-state index is -1.07. The number of aliphatic hydroxyl groups is 1. The van der Waals surface area contributed by atoms with Gasteiger partial charge in [-0.15, -0.1) is 0 Å². The predicted octanol–water partition coefficient (Wildman–Crippen LogP) is 1.33. The van der Waals surface area contributed by atoms with Crippen LogP contribution in [0, 0.1) is 0 Å². The summed E-state index contributed by atoms with van der Waals surface area (Å²) in [6.07, 6.45) is 0.409. The zero-order chi connectivity index (χ0) is 15.1. The predicted molar refractivity (Wildman–Crippen MR) is 70.4 cm³/mol. The van der Waals surface area contributed by atoms with Gasteiger partial charge in [0.15, 0.2) is 0 Å². The number of carboxylic acids is 1. The number of benzene rings is 1. The molecule has 1 rings (SSSR count). The van der Waals surface area contributed by atoms with Crippen molar-refractivity contribution in [2.24, 2.45) is 0 Å². The number of aliphatic carboxylic acids is 1. The molecule has 0 saturated carbocycles. The van der Waals surface area contributed by atoms with E-state index in [9.17, 15) is 19.8 Å². The van der Waals surface area contributed by atoms with Crippen LogP contribution in [0.4, 0.5) is 0 Å². The van der Waals surface area contributed by atoms with Crippen molar-refractivity contribution in [1.29, 1.82) is 0 Å². The van der Waals surface area contributed by atoms with Gasteiger partial charge in [0.2, 0.25) is 0 Å². The van der Waals surface area contributed by atoms with Gasteiger partial charge in [-0.2, -0.15) is 0 Å². The summed E-state index contributed by atoms with van der Waals surface area (Å²) in [5, 5.41) is 27.6. The number of carbonyl (C=O) groups excluding carboxylic acids is 1. The van der Waals surface area contributed by atoms with Crippen molar-refractivity contribution in [2.75, 3.05) is 6.61 Å². The Labute approximate surface area is 115 Å². The summed E-state index contributed by atoms with van der Waals surface area (Å²) < 4.78 is 4.84. The maximum Gasteiger partial charge on any atom is 0.342 e. The van der Waals surface area contributed by atoms with E-state index in [0.29, 0.717) is 0 Å². The van der Waals surface area contributed by atoms with Crippen molar-refractivity contribution >= 4 is 11.9 Å². The highest BCUT2D eigenvalue weighted by molar-refractivity contribution is 5.92. The number of carboxylic acid groups (broad SMARTS) is 1. The molecule has 0 aliphatic rings. The molecule has 0 fully saturated rings. The number of rotatable bonds is 6. The number of phenolic OH excluding ortho intramolecular Hbond substituents is 1. The second kappa shape index (κ2) is 7.30. The molecule has 0 amide bonds. The molecule has 1 aromatic carbocycles. The van der Waals surface area contributed by atoms with Crippen molar-refractivity contribution in [3.05, 3.63) is 41.5 Å². The van der Waals surface area contributed by atoms with E-state index in [1.54, 1.807) is 12.1 Å². The Balaban J connectivity index is 2.47. The Bertz CT molecular complexity index is 520. The van der Waals surface area contributed by atoms with Gasteiger partial charge in [-0.3, -0.25) is 0 Å². The van der Waals surface area contributed by atoms with Crippen molar-refractivity contribution in [3.63, 3.8) is 0 Å². The fourth-order valence-electron chi connectivity index (χ4n) is 1.36. The zero-order valence-electron chi connectivity index (χ0n) is 10.9. The van der Waals surface area contributed by atoms with E-state index >= 15 is 0 Å². The molecule has 1 atom stereocenters.